The van der Waals surface area contributed by atoms with Crippen LogP contribution in [0.15, 0.2) is 24.3 Å². The van der Waals surface area contributed by atoms with Crippen LogP contribution in [-0.2, 0) is 13.0 Å². The Hall–Kier alpha value is -2.34. The molecule has 2 aliphatic heterocycles. The predicted molar refractivity (Wildman–Crippen MR) is 85.0 cm³/mol. The van der Waals surface area contributed by atoms with Crippen molar-refractivity contribution in [2.24, 2.45) is 0 Å². The Morgan fingerprint density at radius 3 is 3.05 bits per heavy atom. The van der Waals surface area contributed by atoms with E-state index in [0.717, 1.165) is 48.4 Å². The fourth-order valence-electron chi connectivity index (χ4n) is 3.39. The van der Waals surface area contributed by atoms with Gasteiger partial charge in [0.2, 0.25) is 0 Å². The van der Waals surface area contributed by atoms with Crippen LogP contribution in [0.4, 0.5) is 11.5 Å². The van der Waals surface area contributed by atoms with E-state index in [-0.39, 0.29) is 11.8 Å². The van der Waals surface area contributed by atoms with Crippen LogP contribution in [0, 0.1) is 0 Å². The molecule has 0 bridgehead atoms. The highest BCUT2D eigenvalue weighted by molar-refractivity contribution is 5.90. The van der Waals surface area contributed by atoms with Crippen LogP contribution in [0.2, 0.25) is 0 Å². The van der Waals surface area contributed by atoms with Gasteiger partial charge in [-0.1, -0.05) is 18.2 Å². The lowest BCUT2D eigenvalue weighted by atomic mass is 9.90. The summed E-state index contributed by atoms with van der Waals surface area (Å²) >= 11 is 0. The van der Waals surface area contributed by atoms with Crippen molar-refractivity contribution in [1.82, 2.24) is 15.1 Å². The van der Waals surface area contributed by atoms with Crippen molar-refractivity contribution in [2.75, 3.05) is 24.1 Å². The zero-order valence-electron chi connectivity index (χ0n) is 12.3. The van der Waals surface area contributed by atoms with Crippen LogP contribution in [0.3, 0.4) is 0 Å². The van der Waals surface area contributed by atoms with E-state index in [9.17, 15) is 4.79 Å². The van der Waals surface area contributed by atoms with Gasteiger partial charge < -0.3 is 16.4 Å². The number of nitrogens with two attached hydrogens (primary N) is 1. The first-order chi connectivity index (χ1) is 10.8. The van der Waals surface area contributed by atoms with Gasteiger partial charge in [-0.05, 0) is 31.0 Å². The minimum atomic E-state index is -0.186. The molecule has 1 atom stereocenters. The maximum Gasteiger partial charge on any atom is 0.256 e. The summed E-state index contributed by atoms with van der Waals surface area (Å²) in [5, 5.41) is 11.1. The van der Waals surface area contributed by atoms with E-state index in [2.05, 4.69) is 15.7 Å². The fraction of sp³-hybridized carbons (Fsp3) is 0.375. The fourth-order valence-corrected chi connectivity index (χ4v) is 3.39. The summed E-state index contributed by atoms with van der Waals surface area (Å²) < 4.78 is 1.42. The summed E-state index contributed by atoms with van der Waals surface area (Å²) in [6, 6.07) is 7.96. The molecule has 1 aromatic heterocycles. The summed E-state index contributed by atoms with van der Waals surface area (Å²) in [4.78, 5) is 13.0. The molecule has 114 valence electrons. The second kappa shape index (κ2) is 5.14. The molecule has 0 radical (unpaired) electrons. The van der Waals surface area contributed by atoms with Crippen molar-refractivity contribution < 1.29 is 4.79 Å². The van der Waals surface area contributed by atoms with Gasteiger partial charge >= 0.3 is 0 Å². The SMILES string of the molecule is Nc1c2c(nn1C(=O)C1CCNc3ccccc31)CNCC2. The Balaban J connectivity index is 1.73. The monoisotopic (exact) mass is 297 g/mol. The summed E-state index contributed by atoms with van der Waals surface area (Å²) in [5.74, 6) is 0.299. The Kier molecular flexibility index (Phi) is 3.11. The van der Waals surface area contributed by atoms with Crippen molar-refractivity contribution in [2.45, 2.75) is 25.3 Å². The van der Waals surface area contributed by atoms with Crippen molar-refractivity contribution in [3.05, 3.63) is 41.1 Å². The molecule has 6 nitrogen and oxygen atoms in total. The Morgan fingerprint density at radius 1 is 1.32 bits per heavy atom. The van der Waals surface area contributed by atoms with Crippen molar-refractivity contribution in [1.29, 1.82) is 0 Å². The smallest absolute Gasteiger partial charge is 0.256 e. The normalized spacial score (nSPS) is 19.9. The van der Waals surface area contributed by atoms with Crippen LogP contribution >= 0.6 is 0 Å². The first-order valence-corrected chi connectivity index (χ1v) is 7.69. The van der Waals surface area contributed by atoms with Gasteiger partial charge in [-0.2, -0.15) is 9.78 Å². The predicted octanol–water partition coefficient (Wildman–Crippen LogP) is 1.35. The first-order valence-electron chi connectivity index (χ1n) is 7.69. The first kappa shape index (κ1) is 13.3. The lowest BCUT2D eigenvalue weighted by Crippen LogP contribution is -2.28. The summed E-state index contributed by atoms with van der Waals surface area (Å²) in [6.45, 7) is 2.35. The number of carbonyl (C=O) groups excluding carboxylic acids is 1. The average molecular weight is 297 g/mol. The van der Waals surface area contributed by atoms with Gasteiger partial charge in [-0.15, -0.1) is 0 Å². The van der Waals surface area contributed by atoms with E-state index in [0.29, 0.717) is 12.4 Å². The molecule has 2 aromatic rings. The molecule has 0 aliphatic carbocycles. The molecule has 6 heteroatoms. The van der Waals surface area contributed by atoms with E-state index in [4.69, 9.17) is 5.73 Å². The third-order valence-electron chi connectivity index (χ3n) is 4.54. The number of benzene rings is 1. The number of hydrogen-bond donors (Lipinski definition) is 3. The maximum absolute atomic E-state index is 13.0. The quantitative estimate of drug-likeness (QED) is 0.740. The molecule has 2 aliphatic rings. The number of hydrogen-bond acceptors (Lipinski definition) is 5. The van der Waals surface area contributed by atoms with Gasteiger partial charge in [0.1, 0.15) is 5.82 Å². The molecule has 0 spiro atoms. The molecule has 1 aromatic carbocycles. The van der Waals surface area contributed by atoms with Crippen molar-refractivity contribution >= 4 is 17.4 Å². The summed E-state index contributed by atoms with van der Waals surface area (Å²) in [5.41, 5.74) is 10.2. The van der Waals surface area contributed by atoms with Crippen LogP contribution in [0.5, 0.6) is 0 Å². The second-order valence-electron chi connectivity index (χ2n) is 5.84. The van der Waals surface area contributed by atoms with E-state index in [1.165, 1.54) is 4.68 Å². The van der Waals surface area contributed by atoms with Crippen LogP contribution in [0.25, 0.3) is 0 Å². The molecule has 22 heavy (non-hydrogen) atoms. The lowest BCUT2D eigenvalue weighted by Gasteiger charge is -2.25. The number of rotatable bonds is 1. The number of carbonyl (C=O) groups is 1. The Morgan fingerprint density at radius 2 is 2.18 bits per heavy atom. The third-order valence-corrected chi connectivity index (χ3v) is 4.54. The van der Waals surface area contributed by atoms with Crippen LogP contribution < -0.4 is 16.4 Å². The van der Waals surface area contributed by atoms with Gasteiger partial charge in [0.25, 0.3) is 5.91 Å². The second-order valence-corrected chi connectivity index (χ2v) is 5.84. The average Bonchev–Trinajstić information content (AvgIpc) is 2.91. The zero-order valence-corrected chi connectivity index (χ0v) is 12.3. The van der Waals surface area contributed by atoms with Crippen LogP contribution in [-0.4, -0.2) is 28.8 Å². The van der Waals surface area contributed by atoms with Crippen molar-refractivity contribution in [3.63, 3.8) is 0 Å². The van der Waals surface area contributed by atoms with Crippen LogP contribution in [0.1, 0.15) is 34.0 Å². The number of anilines is 2. The number of nitrogens with zero attached hydrogens (tertiary/aromatic N) is 2. The highest BCUT2D eigenvalue weighted by Crippen LogP contribution is 2.33. The molecular weight excluding hydrogens is 278 g/mol. The minimum Gasteiger partial charge on any atom is -0.385 e. The van der Waals surface area contributed by atoms with Crippen molar-refractivity contribution in [3.8, 4) is 0 Å². The largest absolute Gasteiger partial charge is 0.385 e. The third kappa shape index (κ3) is 1.99. The summed E-state index contributed by atoms with van der Waals surface area (Å²) in [7, 11) is 0. The highest BCUT2D eigenvalue weighted by atomic mass is 16.2. The molecule has 0 saturated carbocycles. The number of nitrogen functional groups attached to an aromatic ring is 1. The number of fused-ring (bicyclic) bond motifs is 2. The molecule has 0 saturated heterocycles. The van der Waals surface area contributed by atoms with E-state index < -0.39 is 0 Å². The molecule has 4 rings (SSSR count). The zero-order chi connectivity index (χ0) is 15.1. The number of para-hydroxylation sites is 1. The topological polar surface area (TPSA) is 85.0 Å². The van der Waals surface area contributed by atoms with Gasteiger partial charge in [-0.25, -0.2) is 0 Å². The van der Waals surface area contributed by atoms with E-state index >= 15 is 0 Å². The molecule has 0 amide bonds. The Labute approximate surface area is 128 Å². The molecule has 1 unspecified atom stereocenters. The van der Waals surface area contributed by atoms with Gasteiger partial charge in [-0.3, -0.25) is 4.79 Å². The molecular formula is C16H19N5O. The minimum absolute atomic E-state index is 0.0270. The number of aromatic nitrogens is 2. The highest BCUT2D eigenvalue weighted by Gasteiger charge is 2.30. The maximum atomic E-state index is 13.0. The standard InChI is InChI=1S/C16H19N5O/c17-15-12-5-7-18-9-14(12)20-21(15)16(22)11-6-8-19-13-4-2-1-3-10(11)13/h1-4,11,18-19H,5-9,17H2. The summed E-state index contributed by atoms with van der Waals surface area (Å²) in [6.07, 6.45) is 1.59. The Bertz CT molecular complexity index is 736. The molecule has 4 N–H and O–H groups in total. The van der Waals surface area contributed by atoms with Gasteiger partial charge in [0.05, 0.1) is 11.6 Å². The van der Waals surface area contributed by atoms with E-state index in [1.807, 2.05) is 24.3 Å². The van der Waals surface area contributed by atoms with Gasteiger partial charge in [0, 0.05) is 24.3 Å². The van der Waals surface area contributed by atoms with Gasteiger partial charge in [0.15, 0.2) is 0 Å². The number of nitrogens with one attached hydrogen (secondary N) is 2. The lowest BCUT2D eigenvalue weighted by molar-refractivity contribution is 0.0859. The molecule has 3 heterocycles. The molecule has 0 fully saturated rings. The van der Waals surface area contributed by atoms with E-state index in [1.54, 1.807) is 0 Å².